The SMILES string of the molecule is CC(C)(C)c1ccc(Br)c(C2CC2)c1. The molecule has 1 aromatic carbocycles. The highest BCUT2D eigenvalue weighted by Gasteiger charge is 2.26. The van der Waals surface area contributed by atoms with E-state index in [0.717, 1.165) is 5.92 Å². The Balaban J connectivity index is 2.40. The molecule has 0 N–H and O–H groups in total. The van der Waals surface area contributed by atoms with E-state index in [-0.39, 0.29) is 5.41 Å². The van der Waals surface area contributed by atoms with E-state index in [9.17, 15) is 0 Å². The molecule has 0 aliphatic heterocycles. The first kappa shape index (κ1) is 10.2. The van der Waals surface area contributed by atoms with Gasteiger partial charge in [-0.3, -0.25) is 0 Å². The molecule has 1 aliphatic rings. The maximum absolute atomic E-state index is 3.64. The van der Waals surface area contributed by atoms with Crippen molar-refractivity contribution < 1.29 is 0 Å². The minimum absolute atomic E-state index is 0.268. The zero-order chi connectivity index (χ0) is 10.3. The quantitative estimate of drug-likeness (QED) is 0.684. The molecule has 0 amide bonds. The monoisotopic (exact) mass is 252 g/mol. The van der Waals surface area contributed by atoms with Gasteiger partial charge in [-0.1, -0.05) is 48.8 Å². The molecular weight excluding hydrogens is 236 g/mol. The van der Waals surface area contributed by atoms with Crippen LogP contribution in [0.15, 0.2) is 22.7 Å². The summed E-state index contributed by atoms with van der Waals surface area (Å²) in [6.07, 6.45) is 2.73. The Hall–Kier alpha value is -0.300. The van der Waals surface area contributed by atoms with Crippen LogP contribution in [0.25, 0.3) is 0 Å². The fourth-order valence-electron chi connectivity index (χ4n) is 1.72. The van der Waals surface area contributed by atoms with Crippen LogP contribution >= 0.6 is 15.9 Å². The fourth-order valence-corrected chi connectivity index (χ4v) is 2.29. The van der Waals surface area contributed by atoms with Gasteiger partial charge in [0.2, 0.25) is 0 Å². The molecule has 0 saturated heterocycles. The molecule has 0 nitrogen and oxygen atoms in total. The third-order valence-corrected chi connectivity index (χ3v) is 3.60. The molecule has 2 rings (SSSR count). The lowest BCUT2D eigenvalue weighted by Gasteiger charge is -2.20. The number of benzene rings is 1. The fraction of sp³-hybridized carbons (Fsp3) is 0.538. The van der Waals surface area contributed by atoms with Gasteiger partial charge < -0.3 is 0 Å². The summed E-state index contributed by atoms with van der Waals surface area (Å²) in [5, 5.41) is 0. The molecule has 1 fully saturated rings. The Labute approximate surface area is 94.8 Å². The summed E-state index contributed by atoms with van der Waals surface area (Å²) in [7, 11) is 0. The summed E-state index contributed by atoms with van der Waals surface area (Å²) in [5.41, 5.74) is 3.23. The van der Waals surface area contributed by atoms with E-state index in [0.29, 0.717) is 0 Å². The average Bonchev–Trinajstić information content (AvgIpc) is 2.85. The van der Waals surface area contributed by atoms with Crippen molar-refractivity contribution in [3.05, 3.63) is 33.8 Å². The lowest BCUT2D eigenvalue weighted by Crippen LogP contribution is -2.11. The molecule has 0 bridgehead atoms. The highest BCUT2D eigenvalue weighted by Crippen LogP contribution is 2.44. The van der Waals surface area contributed by atoms with Crippen molar-refractivity contribution in [1.82, 2.24) is 0 Å². The molecule has 1 aromatic rings. The maximum atomic E-state index is 3.64. The van der Waals surface area contributed by atoms with Crippen LogP contribution in [0.3, 0.4) is 0 Å². The number of halogens is 1. The van der Waals surface area contributed by atoms with E-state index < -0.39 is 0 Å². The van der Waals surface area contributed by atoms with Gasteiger partial charge in [-0.25, -0.2) is 0 Å². The Morgan fingerprint density at radius 2 is 1.86 bits per heavy atom. The summed E-state index contributed by atoms with van der Waals surface area (Å²) in [4.78, 5) is 0. The number of rotatable bonds is 1. The minimum Gasteiger partial charge on any atom is -0.0574 e. The molecule has 0 atom stereocenters. The van der Waals surface area contributed by atoms with E-state index in [1.165, 1.54) is 28.4 Å². The number of hydrogen-bond acceptors (Lipinski definition) is 0. The standard InChI is InChI=1S/C13H17Br/c1-13(2,3)10-6-7-12(14)11(8-10)9-4-5-9/h6-9H,4-5H2,1-3H3. The normalized spacial score (nSPS) is 17.1. The van der Waals surface area contributed by atoms with Gasteiger partial charge in [0.25, 0.3) is 0 Å². The topological polar surface area (TPSA) is 0 Å². The van der Waals surface area contributed by atoms with Gasteiger partial charge in [-0.2, -0.15) is 0 Å². The third kappa shape index (κ3) is 2.03. The number of hydrogen-bond donors (Lipinski definition) is 0. The van der Waals surface area contributed by atoms with Crippen molar-refractivity contribution in [2.75, 3.05) is 0 Å². The first-order valence-electron chi connectivity index (χ1n) is 5.28. The van der Waals surface area contributed by atoms with Crippen molar-refractivity contribution in [3.8, 4) is 0 Å². The van der Waals surface area contributed by atoms with Crippen molar-refractivity contribution in [2.45, 2.75) is 44.9 Å². The van der Waals surface area contributed by atoms with Gasteiger partial charge in [0.05, 0.1) is 0 Å². The Kier molecular flexibility index (Phi) is 2.46. The zero-order valence-electron chi connectivity index (χ0n) is 9.10. The predicted molar refractivity (Wildman–Crippen MR) is 64.8 cm³/mol. The van der Waals surface area contributed by atoms with Crippen LogP contribution in [0.5, 0.6) is 0 Å². The van der Waals surface area contributed by atoms with Crippen LogP contribution in [-0.4, -0.2) is 0 Å². The van der Waals surface area contributed by atoms with Crippen molar-refractivity contribution >= 4 is 15.9 Å². The summed E-state index contributed by atoms with van der Waals surface area (Å²) >= 11 is 3.64. The van der Waals surface area contributed by atoms with Gasteiger partial charge in [-0.05, 0) is 41.4 Å². The van der Waals surface area contributed by atoms with E-state index in [2.05, 4.69) is 54.9 Å². The molecule has 1 aliphatic carbocycles. The maximum Gasteiger partial charge on any atom is 0.0210 e. The molecule has 1 saturated carbocycles. The highest BCUT2D eigenvalue weighted by molar-refractivity contribution is 9.10. The summed E-state index contributed by atoms with van der Waals surface area (Å²) < 4.78 is 1.29. The van der Waals surface area contributed by atoms with Crippen LogP contribution < -0.4 is 0 Å². The third-order valence-electron chi connectivity index (χ3n) is 2.88. The Bertz CT molecular complexity index is 343. The largest absolute Gasteiger partial charge is 0.0574 e. The molecule has 0 unspecified atom stereocenters. The van der Waals surface area contributed by atoms with Crippen LogP contribution in [-0.2, 0) is 5.41 Å². The summed E-state index contributed by atoms with van der Waals surface area (Å²) in [6.45, 7) is 6.81. The second kappa shape index (κ2) is 3.37. The van der Waals surface area contributed by atoms with E-state index in [4.69, 9.17) is 0 Å². The summed E-state index contributed by atoms with van der Waals surface area (Å²) in [5.74, 6) is 0.826. The van der Waals surface area contributed by atoms with E-state index >= 15 is 0 Å². The van der Waals surface area contributed by atoms with Gasteiger partial charge in [0.15, 0.2) is 0 Å². The predicted octanol–water partition coefficient (Wildman–Crippen LogP) is 4.62. The van der Waals surface area contributed by atoms with Crippen molar-refractivity contribution in [1.29, 1.82) is 0 Å². The van der Waals surface area contributed by atoms with Crippen LogP contribution in [0.1, 0.15) is 50.7 Å². The van der Waals surface area contributed by atoms with Crippen molar-refractivity contribution in [3.63, 3.8) is 0 Å². The molecule has 0 radical (unpaired) electrons. The first-order valence-corrected chi connectivity index (χ1v) is 6.08. The van der Waals surface area contributed by atoms with Gasteiger partial charge in [-0.15, -0.1) is 0 Å². The second-order valence-corrected chi connectivity index (χ2v) is 6.11. The smallest absolute Gasteiger partial charge is 0.0210 e. The molecule has 0 heterocycles. The molecule has 1 heteroatoms. The molecule has 76 valence electrons. The molecule has 0 aromatic heterocycles. The second-order valence-electron chi connectivity index (χ2n) is 5.26. The van der Waals surface area contributed by atoms with Gasteiger partial charge in [0, 0.05) is 4.47 Å². The molecular formula is C13H17Br. The van der Waals surface area contributed by atoms with Gasteiger partial charge in [0.1, 0.15) is 0 Å². The average molecular weight is 253 g/mol. The van der Waals surface area contributed by atoms with Crippen LogP contribution in [0, 0.1) is 0 Å². The van der Waals surface area contributed by atoms with Crippen LogP contribution in [0.2, 0.25) is 0 Å². The highest BCUT2D eigenvalue weighted by atomic mass is 79.9. The summed E-state index contributed by atoms with van der Waals surface area (Å²) in [6, 6.07) is 6.81. The lowest BCUT2D eigenvalue weighted by molar-refractivity contribution is 0.589. The first-order chi connectivity index (χ1) is 6.48. The van der Waals surface area contributed by atoms with E-state index in [1.807, 2.05) is 0 Å². The lowest BCUT2D eigenvalue weighted by atomic mass is 9.86. The van der Waals surface area contributed by atoms with Crippen LogP contribution in [0.4, 0.5) is 0 Å². The van der Waals surface area contributed by atoms with E-state index in [1.54, 1.807) is 0 Å². The molecule has 0 spiro atoms. The van der Waals surface area contributed by atoms with Gasteiger partial charge >= 0.3 is 0 Å². The zero-order valence-corrected chi connectivity index (χ0v) is 10.7. The minimum atomic E-state index is 0.268. The Morgan fingerprint density at radius 3 is 2.36 bits per heavy atom. The molecule has 14 heavy (non-hydrogen) atoms. The van der Waals surface area contributed by atoms with Crippen molar-refractivity contribution in [2.24, 2.45) is 0 Å². The Morgan fingerprint density at radius 1 is 1.21 bits per heavy atom.